The molecule has 2 aliphatic heterocycles. The van der Waals surface area contributed by atoms with Crippen molar-refractivity contribution in [2.75, 3.05) is 44.2 Å². The summed E-state index contributed by atoms with van der Waals surface area (Å²) in [5.41, 5.74) is 0. The maximum atomic E-state index is 11.7. The van der Waals surface area contributed by atoms with E-state index in [2.05, 4.69) is 10.2 Å². The fourth-order valence-electron chi connectivity index (χ4n) is 2.27. The van der Waals surface area contributed by atoms with Crippen LogP contribution in [0.15, 0.2) is 0 Å². The maximum Gasteiger partial charge on any atom is 0.0287 e. The van der Waals surface area contributed by atoms with Gasteiger partial charge in [-0.25, -0.2) is 0 Å². The number of nitrogens with zero attached hydrogens (tertiary/aromatic N) is 1. The molecular weight excluding hydrogens is 208 g/mol. The molecule has 0 aliphatic carbocycles. The third-order valence-corrected chi connectivity index (χ3v) is 4.92. The van der Waals surface area contributed by atoms with Gasteiger partial charge in [0.05, 0.1) is 0 Å². The molecule has 0 amide bonds. The molecule has 1 N–H and O–H groups in total. The number of rotatable bonds is 6. The van der Waals surface area contributed by atoms with Crippen molar-refractivity contribution in [1.82, 2.24) is 10.2 Å². The molecule has 2 saturated heterocycles. The highest BCUT2D eigenvalue weighted by atomic mass is 32.2. The van der Waals surface area contributed by atoms with Gasteiger partial charge in [0, 0.05) is 35.4 Å². The van der Waals surface area contributed by atoms with Gasteiger partial charge in [0.25, 0.3) is 0 Å². The molecule has 1 unspecified atom stereocenters. The van der Waals surface area contributed by atoms with Crippen LogP contribution < -0.4 is 5.32 Å². The molecule has 1 atom stereocenters. The zero-order valence-corrected chi connectivity index (χ0v) is 10.2. The first kappa shape index (κ1) is 11.6. The Morgan fingerprint density at radius 2 is 2.00 bits per heavy atom. The van der Waals surface area contributed by atoms with Crippen LogP contribution in [0, 0.1) is 5.92 Å². The number of hydrogen-bond donors (Lipinski definition) is 1. The van der Waals surface area contributed by atoms with E-state index >= 15 is 0 Å². The fraction of sp³-hybridized carbons (Fsp3) is 1.00. The Kier molecular flexibility index (Phi) is 4.60. The second-order valence-electron chi connectivity index (χ2n) is 4.74. The third kappa shape index (κ3) is 3.85. The van der Waals surface area contributed by atoms with Gasteiger partial charge in [0.1, 0.15) is 0 Å². The minimum absolute atomic E-state index is 0.565. The van der Waals surface area contributed by atoms with E-state index in [1.807, 2.05) is 0 Å². The SMILES string of the molecule is O=S(CCCN1CCCC1)CC1CNC1. The molecule has 0 radical (unpaired) electrons. The normalized spacial score (nSPS) is 25.3. The smallest absolute Gasteiger partial charge is 0.0287 e. The molecule has 0 bridgehead atoms. The average molecular weight is 230 g/mol. The molecule has 0 aromatic carbocycles. The van der Waals surface area contributed by atoms with E-state index in [9.17, 15) is 4.21 Å². The topological polar surface area (TPSA) is 32.3 Å². The molecule has 3 nitrogen and oxygen atoms in total. The molecule has 0 aromatic heterocycles. The van der Waals surface area contributed by atoms with Crippen molar-refractivity contribution in [3.63, 3.8) is 0 Å². The lowest BCUT2D eigenvalue weighted by Gasteiger charge is -2.26. The summed E-state index contributed by atoms with van der Waals surface area (Å²) in [6, 6.07) is 0. The van der Waals surface area contributed by atoms with E-state index in [4.69, 9.17) is 0 Å². The lowest BCUT2D eigenvalue weighted by Crippen LogP contribution is -2.45. The van der Waals surface area contributed by atoms with Crippen molar-refractivity contribution in [3.8, 4) is 0 Å². The van der Waals surface area contributed by atoms with Gasteiger partial charge >= 0.3 is 0 Å². The van der Waals surface area contributed by atoms with Crippen LogP contribution in [0.2, 0.25) is 0 Å². The van der Waals surface area contributed by atoms with Crippen LogP contribution in [-0.2, 0) is 10.8 Å². The number of nitrogens with one attached hydrogen (secondary N) is 1. The van der Waals surface area contributed by atoms with Gasteiger partial charge in [-0.1, -0.05) is 0 Å². The zero-order valence-electron chi connectivity index (χ0n) is 9.41. The first-order valence-electron chi connectivity index (χ1n) is 6.12. The van der Waals surface area contributed by atoms with Crippen molar-refractivity contribution >= 4 is 10.8 Å². The molecule has 4 heteroatoms. The van der Waals surface area contributed by atoms with Gasteiger partial charge < -0.3 is 10.2 Å². The predicted octanol–water partition coefficient (Wildman–Crippen LogP) is 0.440. The van der Waals surface area contributed by atoms with Crippen LogP contribution >= 0.6 is 0 Å². The summed E-state index contributed by atoms with van der Waals surface area (Å²) < 4.78 is 11.7. The van der Waals surface area contributed by atoms with Crippen LogP contribution in [0.25, 0.3) is 0 Å². The second kappa shape index (κ2) is 5.97. The molecule has 0 saturated carbocycles. The third-order valence-electron chi connectivity index (χ3n) is 3.33. The van der Waals surface area contributed by atoms with Gasteiger partial charge in [0.15, 0.2) is 0 Å². The monoisotopic (exact) mass is 230 g/mol. The number of hydrogen-bond acceptors (Lipinski definition) is 3. The lowest BCUT2D eigenvalue weighted by molar-refractivity contribution is 0.340. The molecule has 0 aromatic rings. The molecule has 2 fully saturated rings. The highest BCUT2D eigenvalue weighted by Crippen LogP contribution is 2.09. The molecule has 15 heavy (non-hydrogen) atoms. The van der Waals surface area contributed by atoms with Crippen LogP contribution in [0.1, 0.15) is 19.3 Å². The van der Waals surface area contributed by atoms with Gasteiger partial charge in [-0.15, -0.1) is 0 Å². The Labute approximate surface area is 95.1 Å². The van der Waals surface area contributed by atoms with Gasteiger partial charge in [-0.05, 0) is 44.8 Å². The van der Waals surface area contributed by atoms with Crippen molar-refractivity contribution in [2.24, 2.45) is 5.92 Å². The molecule has 2 heterocycles. The highest BCUT2D eigenvalue weighted by molar-refractivity contribution is 7.84. The Hall–Kier alpha value is 0.0700. The van der Waals surface area contributed by atoms with Gasteiger partial charge in [-0.3, -0.25) is 4.21 Å². The highest BCUT2D eigenvalue weighted by Gasteiger charge is 2.19. The first-order valence-corrected chi connectivity index (χ1v) is 7.61. The summed E-state index contributed by atoms with van der Waals surface area (Å²) in [6.45, 7) is 5.85. The quantitative estimate of drug-likeness (QED) is 0.719. The first-order chi connectivity index (χ1) is 7.34. The van der Waals surface area contributed by atoms with E-state index in [1.165, 1.54) is 25.9 Å². The van der Waals surface area contributed by atoms with E-state index in [0.29, 0.717) is 5.92 Å². The van der Waals surface area contributed by atoms with Gasteiger partial charge in [0.2, 0.25) is 0 Å². The van der Waals surface area contributed by atoms with Crippen molar-refractivity contribution in [3.05, 3.63) is 0 Å². The summed E-state index contributed by atoms with van der Waals surface area (Å²) in [5, 5.41) is 3.22. The predicted molar refractivity (Wildman–Crippen MR) is 64.5 cm³/mol. The standard InChI is InChI=1S/C11H22N2OS/c14-15(10-11-8-12-9-11)7-3-6-13-4-1-2-5-13/h11-12H,1-10H2. The summed E-state index contributed by atoms with van der Waals surface area (Å²) in [6.07, 6.45) is 3.83. The van der Waals surface area contributed by atoms with Crippen LogP contribution in [0.5, 0.6) is 0 Å². The Balaban J connectivity index is 1.50. The molecule has 2 rings (SSSR count). The zero-order chi connectivity index (χ0) is 10.5. The van der Waals surface area contributed by atoms with E-state index in [-0.39, 0.29) is 0 Å². The largest absolute Gasteiger partial charge is 0.316 e. The fourth-order valence-corrected chi connectivity index (χ4v) is 3.65. The molecule has 2 aliphatic rings. The summed E-state index contributed by atoms with van der Waals surface area (Å²) >= 11 is 0. The minimum Gasteiger partial charge on any atom is -0.316 e. The summed E-state index contributed by atoms with van der Waals surface area (Å²) in [4.78, 5) is 2.50. The lowest BCUT2D eigenvalue weighted by atomic mass is 10.1. The van der Waals surface area contributed by atoms with Crippen LogP contribution in [-0.4, -0.2) is 53.3 Å². The minimum atomic E-state index is -0.565. The molecule has 88 valence electrons. The van der Waals surface area contributed by atoms with E-state index < -0.39 is 10.8 Å². The van der Waals surface area contributed by atoms with Crippen LogP contribution in [0.4, 0.5) is 0 Å². The Morgan fingerprint density at radius 3 is 2.60 bits per heavy atom. The van der Waals surface area contributed by atoms with Crippen molar-refractivity contribution in [1.29, 1.82) is 0 Å². The van der Waals surface area contributed by atoms with Crippen molar-refractivity contribution in [2.45, 2.75) is 19.3 Å². The Morgan fingerprint density at radius 1 is 1.27 bits per heavy atom. The second-order valence-corrected chi connectivity index (χ2v) is 6.36. The maximum absolute atomic E-state index is 11.7. The van der Waals surface area contributed by atoms with Gasteiger partial charge in [-0.2, -0.15) is 0 Å². The summed E-state index contributed by atoms with van der Waals surface area (Å²) in [5.74, 6) is 2.53. The van der Waals surface area contributed by atoms with Crippen molar-refractivity contribution < 1.29 is 4.21 Å². The Bertz CT molecular complexity index is 213. The van der Waals surface area contributed by atoms with E-state index in [1.54, 1.807) is 0 Å². The molecule has 0 spiro atoms. The number of likely N-dealkylation sites (tertiary alicyclic amines) is 1. The summed E-state index contributed by atoms with van der Waals surface area (Å²) in [7, 11) is -0.565. The van der Waals surface area contributed by atoms with E-state index in [0.717, 1.165) is 37.6 Å². The average Bonchev–Trinajstić information content (AvgIpc) is 2.64. The molecular formula is C11H22N2OS. The van der Waals surface area contributed by atoms with Crippen LogP contribution in [0.3, 0.4) is 0 Å².